The largest absolute Gasteiger partial charge is 0.481 e. The summed E-state index contributed by atoms with van der Waals surface area (Å²) in [6.07, 6.45) is 2.42. The topological polar surface area (TPSA) is 97.4 Å². The van der Waals surface area contributed by atoms with Crippen LogP contribution in [0.2, 0.25) is 0 Å². The fraction of sp³-hybridized carbons (Fsp3) is 0.455. The Morgan fingerprint density at radius 1 is 1.37 bits per heavy atom. The molecule has 0 fully saturated rings. The van der Waals surface area contributed by atoms with Gasteiger partial charge in [-0.3, -0.25) is 4.79 Å². The Kier molecular flexibility index (Phi) is 4.48. The molecule has 0 aliphatic rings. The van der Waals surface area contributed by atoms with Gasteiger partial charge in [-0.2, -0.15) is 0 Å². The van der Waals surface area contributed by atoms with E-state index in [0.717, 1.165) is 6.26 Å². The predicted octanol–water partition coefficient (Wildman–Crippen LogP) is 0.356. The minimum atomic E-state index is -3.48. The highest BCUT2D eigenvalue weighted by Crippen LogP contribution is 2.13. The molecule has 8 heteroatoms. The maximum atomic E-state index is 12.0. The summed E-state index contributed by atoms with van der Waals surface area (Å²) in [5.41, 5.74) is -0.803. The summed E-state index contributed by atoms with van der Waals surface area (Å²) in [4.78, 5) is 15.9. The Labute approximate surface area is 112 Å². The highest BCUT2D eigenvalue weighted by molar-refractivity contribution is 7.88. The summed E-state index contributed by atoms with van der Waals surface area (Å²) in [5, 5.41) is 2.57. The molecule has 2 N–H and O–H groups in total. The lowest BCUT2D eigenvalue weighted by Gasteiger charge is -2.23. The Morgan fingerprint density at radius 2 is 2.00 bits per heavy atom. The van der Waals surface area contributed by atoms with E-state index < -0.39 is 21.5 Å². The van der Waals surface area contributed by atoms with E-state index in [2.05, 4.69) is 15.0 Å². The Morgan fingerprint density at radius 3 is 2.42 bits per heavy atom. The second kappa shape index (κ2) is 5.54. The molecule has 0 spiro atoms. The minimum Gasteiger partial charge on any atom is -0.481 e. The van der Waals surface area contributed by atoms with Gasteiger partial charge in [-0.05, 0) is 19.9 Å². The number of aromatic nitrogens is 1. The van der Waals surface area contributed by atoms with Crippen molar-refractivity contribution in [1.82, 2.24) is 9.71 Å². The number of nitrogens with one attached hydrogen (secondary N) is 2. The van der Waals surface area contributed by atoms with Gasteiger partial charge in [0.05, 0.1) is 25.2 Å². The van der Waals surface area contributed by atoms with Gasteiger partial charge in [0.15, 0.2) is 0 Å². The summed E-state index contributed by atoms with van der Waals surface area (Å²) in [5.74, 6) is -0.0589. The SMILES string of the molecule is COc1ccc(NC(=O)C(C)(C)NS(C)(=O)=O)cn1. The van der Waals surface area contributed by atoms with Gasteiger partial charge in [0.1, 0.15) is 5.54 Å². The van der Waals surface area contributed by atoms with E-state index in [1.54, 1.807) is 12.1 Å². The monoisotopic (exact) mass is 287 g/mol. The summed E-state index contributed by atoms with van der Waals surface area (Å²) < 4.78 is 29.5. The number of rotatable bonds is 5. The summed E-state index contributed by atoms with van der Waals surface area (Å²) >= 11 is 0. The number of amides is 1. The third-order valence-corrected chi connectivity index (χ3v) is 3.09. The molecule has 0 saturated carbocycles. The van der Waals surface area contributed by atoms with Crippen LogP contribution in [-0.4, -0.2) is 38.2 Å². The molecule has 0 bridgehead atoms. The van der Waals surface area contributed by atoms with Crippen molar-refractivity contribution in [3.05, 3.63) is 18.3 Å². The van der Waals surface area contributed by atoms with Gasteiger partial charge >= 0.3 is 0 Å². The molecule has 1 amide bonds. The molecule has 1 aromatic heterocycles. The summed E-state index contributed by atoms with van der Waals surface area (Å²) in [6.45, 7) is 2.95. The zero-order valence-electron chi connectivity index (χ0n) is 11.2. The van der Waals surface area contributed by atoms with Crippen LogP contribution in [0.3, 0.4) is 0 Å². The van der Waals surface area contributed by atoms with E-state index >= 15 is 0 Å². The Bertz CT molecular complexity index is 552. The normalized spacial score (nSPS) is 12.0. The first-order valence-corrected chi connectivity index (χ1v) is 7.33. The number of methoxy groups -OCH3 is 1. The molecule has 106 valence electrons. The molecule has 0 unspecified atom stereocenters. The Hall–Kier alpha value is -1.67. The molecule has 0 saturated heterocycles. The average Bonchev–Trinajstić information content (AvgIpc) is 2.26. The number of nitrogens with zero attached hydrogens (tertiary/aromatic N) is 1. The van der Waals surface area contributed by atoms with Crippen molar-refractivity contribution in [2.24, 2.45) is 0 Å². The molecule has 0 radical (unpaired) electrons. The molecule has 7 nitrogen and oxygen atoms in total. The first-order chi connectivity index (χ1) is 8.64. The smallest absolute Gasteiger partial charge is 0.245 e. The zero-order valence-corrected chi connectivity index (χ0v) is 12.0. The quantitative estimate of drug-likeness (QED) is 0.814. The second-order valence-corrected chi connectivity index (χ2v) is 6.29. The molecular weight excluding hydrogens is 270 g/mol. The number of carbonyl (C=O) groups is 1. The second-order valence-electron chi connectivity index (χ2n) is 4.54. The number of hydrogen-bond donors (Lipinski definition) is 2. The van der Waals surface area contributed by atoms with Gasteiger partial charge in [-0.15, -0.1) is 0 Å². The Balaban J connectivity index is 2.78. The van der Waals surface area contributed by atoms with E-state index in [1.165, 1.54) is 27.2 Å². The molecule has 0 aromatic carbocycles. The summed E-state index contributed by atoms with van der Waals surface area (Å²) in [6, 6.07) is 3.20. The first-order valence-electron chi connectivity index (χ1n) is 5.44. The highest BCUT2D eigenvalue weighted by atomic mass is 32.2. The van der Waals surface area contributed by atoms with Crippen LogP contribution in [0.5, 0.6) is 5.88 Å². The third-order valence-electron chi connectivity index (χ3n) is 2.21. The number of hydrogen-bond acceptors (Lipinski definition) is 5. The molecule has 1 aromatic rings. The number of pyridine rings is 1. The van der Waals surface area contributed by atoms with Crippen LogP contribution < -0.4 is 14.8 Å². The van der Waals surface area contributed by atoms with Crippen molar-refractivity contribution in [1.29, 1.82) is 0 Å². The number of anilines is 1. The van der Waals surface area contributed by atoms with Gasteiger partial charge < -0.3 is 10.1 Å². The predicted molar refractivity (Wildman–Crippen MR) is 71.5 cm³/mol. The number of ether oxygens (including phenoxy) is 1. The van der Waals surface area contributed by atoms with Crippen molar-refractivity contribution in [3.63, 3.8) is 0 Å². The van der Waals surface area contributed by atoms with Crippen molar-refractivity contribution in [3.8, 4) is 5.88 Å². The third kappa shape index (κ3) is 4.84. The van der Waals surface area contributed by atoms with Crippen LogP contribution >= 0.6 is 0 Å². The van der Waals surface area contributed by atoms with E-state index in [0.29, 0.717) is 11.6 Å². The molecule has 0 aliphatic heterocycles. The fourth-order valence-corrected chi connectivity index (χ4v) is 2.39. The fourth-order valence-electron chi connectivity index (χ4n) is 1.37. The average molecular weight is 287 g/mol. The van der Waals surface area contributed by atoms with Gasteiger partial charge in [-0.1, -0.05) is 0 Å². The standard InChI is InChI=1S/C11H17N3O4S/c1-11(2,14-19(4,16)17)10(15)13-8-5-6-9(18-3)12-7-8/h5-7,14H,1-4H3,(H,13,15). The van der Waals surface area contributed by atoms with E-state index in [4.69, 9.17) is 4.74 Å². The van der Waals surface area contributed by atoms with Crippen LogP contribution in [0.4, 0.5) is 5.69 Å². The van der Waals surface area contributed by atoms with Crippen molar-refractivity contribution < 1.29 is 17.9 Å². The van der Waals surface area contributed by atoms with Crippen LogP contribution in [0.25, 0.3) is 0 Å². The highest BCUT2D eigenvalue weighted by Gasteiger charge is 2.30. The van der Waals surface area contributed by atoms with E-state index in [-0.39, 0.29) is 0 Å². The van der Waals surface area contributed by atoms with Crippen LogP contribution in [0.1, 0.15) is 13.8 Å². The molecule has 0 aliphatic carbocycles. The van der Waals surface area contributed by atoms with Gasteiger partial charge in [0, 0.05) is 6.07 Å². The maximum absolute atomic E-state index is 12.0. The summed E-state index contributed by atoms with van der Waals surface area (Å²) in [7, 11) is -1.99. The van der Waals surface area contributed by atoms with E-state index in [9.17, 15) is 13.2 Å². The minimum absolute atomic E-state index is 0.423. The lowest BCUT2D eigenvalue weighted by molar-refractivity contribution is -0.120. The molecular formula is C11H17N3O4S. The molecule has 1 rings (SSSR count). The zero-order chi connectivity index (χ0) is 14.7. The van der Waals surface area contributed by atoms with Crippen LogP contribution in [-0.2, 0) is 14.8 Å². The number of carbonyl (C=O) groups excluding carboxylic acids is 1. The lowest BCUT2D eigenvalue weighted by atomic mass is 10.1. The van der Waals surface area contributed by atoms with Crippen LogP contribution in [0.15, 0.2) is 18.3 Å². The molecule has 19 heavy (non-hydrogen) atoms. The number of sulfonamides is 1. The van der Waals surface area contributed by atoms with Gasteiger partial charge in [-0.25, -0.2) is 18.1 Å². The first kappa shape index (κ1) is 15.4. The van der Waals surface area contributed by atoms with Crippen molar-refractivity contribution >= 4 is 21.6 Å². The van der Waals surface area contributed by atoms with Gasteiger partial charge in [0.25, 0.3) is 0 Å². The van der Waals surface area contributed by atoms with Crippen molar-refractivity contribution in [2.45, 2.75) is 19.4 Å². The van der Waals surface area contributed by atoms with Crippen LogP contribution in [0, 0.1) is 0 Å². The van der Waals surface area contributed by atoms with Crippen molar-refractivity contribution in [2.75, 3.05) is 18.7 Å². The lowest BCUT2D eigenvalue weighted by Crippen LogP contribution is -2.51. The molecule has 0 atom stereocenters. The van der Waals surface area contributed by atoms with Gasteiger partial charge in [0.2, 0.25) is 21.8 Å². The van der Waals surface area contributed by atoms with E-state index in [1.807, 2.05) is 0 Å². The maximum Gasteiger partial charge on any atom is 0.245 e. The molecule has 1 heterocycles.